The number of carboxylic acid groups (broad SMARTS) is 1. The molecule has 1 aromatic carbocycles. The third-order valence-corrected chi connectivity index (χ3v) is 4.51. The van der Waals surface area contributed by atoms with E-state index in [0.29, 0.717) is 35.5 Å². The second-order valence-electron chi connectivity index (χ2n) is 6.22. The summed E-state index contributed by atoms with van der Waals surface area (Å²) in [6.07, 6.45) is -3.79. The van der Waals surface area contributed by atoms with E-state index >= 15 is 0 Å². The van der Waals surface area contributed by atoms with E-state index in [1.54, 1.807) is 12.1 Å². The summed E-state index contributed by atoms with van der Waals surface area (Å²) < 4.78 is 45.3. The molecule has 0 saturated carbocycles. The minimum atomic E-state index is -4.29. The van der Waals surface area contributed by atoms with E-state index in [-0.39, 0.29) is 17.1 Å². The SMILES string of the molecule is CCCn1nc(C(=O)O)c(Cl)c1-c1ccc(C[C@H](C)C(F)(F)F)cc1OC. The Bertz CT molecular complexity index is 834. The highest BCUT2D eigenvalue weighted by Gasteiger charge is 2.36. The first kappa shape index (κ1) is 21.1. The molecular formula is C18H20ClF3N2O3. The Morgan fingerprint density at radius 3 is 2.59 bits per heavy atom. The summed E-state index contributed by atoms with van der Waals surface area (Å²) in [6.45, 7) is 3.45. The topological polar surface area (TPSA) is 64.4 Å². The smallest absolute Gasteiger partial charge is 0.391 e. The van der Waals surface area contributed by atoms with Crippen molar-refractivity contribution in [1.82, 2.24) is 9.78 Å². The number of nitrogens with zero attached hydrogens (tertiary/aromatic N) is 2. The van der Waals surface area contributed by atoms with Gasteiger partial charge in [-0.3, -0.25) is 4.68 Å². The second kappa shape index (κ2) is 8.21. The molecule has 148 valence electrons. The van der Waals surface area contributed by atoms with Crippen LogP contribution < -0.4 is 4.74 Å². The van der Waals surface area contributed by atoms with Gasteiger partial charge >= 0.3 is 12.1 Å². The van der Waals surface area contributed by atoms with Crippen molar-refractivity contribution in [2.75, 3.05) is 7.11 Å². The number of methoxy groups -OCH3 is 1. The highest BCUT2D eigenvalue weighted by molar-refractivity contribution is 6.35. The van der Waals surface area contributed by atoms with Crippen LogP contribution in [-0.2, 0) is 13.0 Å². The average Bonchev–Trinajstić information content (AvgIpc) is 2.91. The molecule has 1 atom stereocenters. The molecule has 1 heterocycles. The van der Waals surface area contributed by atoms with Gasteiger partial charge in [-0.2, -0.15) is 18.3 Å². The van der Waals surface area contributed by atoms with Crippen molar-refractivity contribution >= 4 is 17.6 Å². The number of ether oxygens (including phenoxy) is 1. The fourth-order valence-electron chi connectivity index (χ4n) is 2.74. The molecular weight excluding hydrogens is 385 g/mol. The zero-order valence-corrected chi connectivity index (χ0v) is 15.9. The largest absolute Gasteiger partial charge is 0.496 e. The van der Waals surface area contributed by atoms with E-state index in [9.17, 15) is 23.1 Å². The summed E-state index contributed by atoms with van der Waals surface area (Å²) in [5.41, 5.74) is 1.01. The molecule has 27 heavy (non-hydrogen) atoms. The number of halogens is 4. The zero-order valence-electron chi connectivity index (χ0n) is 15.1. The lowest BCUT2D eigenvalue weighted by Gasteiger charge is -2.17. The predicted molar refractivity (Wildman–Crippen MR) is 95.4 cm³/mol. The lowest BCUT2D eigenvalue weighted by molar-refractivity contribution is -0.169. The van der Waals surface area contributed by atoms with E-state index in [1.807, 2.05) is 6.92 Å². The number of hydrogen-bond acceptors (Lipinski definition) is 3. The van der Waals surface area contributed by atoms with Gasteiger partial charge in [0.15, 0.2) is 5.69 Å². The van der Waals surface area contributed by atoms with Crippen molar-refractivity contribution in [3.8, 4) is 17.0 Å². The zero-order chi connectivity index (χ0) is 20.4. The second-order valence-corrected chi connectivity index (χ2v) is 6.60. The summed E-state index contributed by atoms with van der Waals surface area (Å²) >= 11 is 6.24. The summed E-state index contributed by atoms with van der Waals surface area (Å²) in [4.78, 5) is 11.3. The van der Waals surface area contributed by atoms with Gasteiger partial charge in [0.25, 0.3) is 0 Å². The van der Waals surface area contributed by atoms with Crippen LogP contribution in [0.15, 0.2) is 18.2 Å². The highest BCUT2D eigenvalue weighted by Crippen LogP contribution is 2.38. The standard InChI is InChI=1S/C18H20ClF3N2O3/c1-4-7-24-16(14(19)15(23-24)17(25)26)12-6-5-11(9-13(12)27-3)8-10(2)18(20,21)22/h5-6,9-10H,4,7-8H2,1-3H3,(H,25,26)/t10-/m0/s1. The van der Waals surface area contributed by atoms with Crippen LogP contribution in [0.4, 0.5) is 13.2 Å². The quantitative estimate of drug-likeness (QED) is 0.700. The summed E-state index contributed by atoms with van der Waals surface area (Å²) in [7, 11) is 1.39. The normalized spacial score (nSPS) is 12.9. The van der Waals surface area contributed by atoms with Gasteiger partial charge in [0.1, 0.15) is 10.8 Å². The van der Waals surface area contributed by atoms with Crippen LogP contribution in [0, 0.1) is 5.92 Å². The maximum absolute atomic E-state index is 12.8. The molecule has 9 heteroatoms. The van der Waals surface area contributed by atoms with E-state index < -0.39 is 18.1 Å². The molecule has 0 aliphatic carbocycles. The monoisotopic (exact) mass is 404 g/mol. The molecule has 0 amide bonds. The maximum atomic E-state index is 12.8. The Balaban J connectivity index is 2.52. The third kappa shape index (κ3) is 4.55. The fourth-order valence-corrected chi connectivity index (χ4v) is 3.05. The van der Waals surface area contributed by atoms with Crippen LogP contribution >= 0.6 is 11.6 Å². The molecule has 2 aromatic rings. The van der Waals surface area contributed by atoms with Crippen LogP contribution in [0.2, 0.25) is 5.02 Å². The lowest BCUT2D eigenvalue weighted by atomic mass is 9.98. The van der Waals surface area contributed by atoms with Crippen molar-refractivity contribution in [2.45, 2.75) is 39.4 Å². The Labute approximate surface area is 159 Å². The van der Waals surface area contributed by atoms with Crippen molar-refractivity contribution < 1.29 is 27.8 Å². The van der Waals surface area contributed by atoms with E-state index in [1.165, 1.54) is 17.9 Å². The van der Waals surface area contributed by atoms with Gasteiger partial charge in [0.05, 0.1) is 18.7 Å². The Morgan fingerprint density at radius 2 is 2.07 bits per heavy atom. The number of alkyl halides is 3. The van der Waals surface area contributed by atoms with Gasteiger partial charge in [-0.15, -0.1) is 0 Å². The molecule has 2 rings (SSSR count). The summed E-state index contributed by atoms with van der Waals surface area (Å²) in [6, 6.07) is 4.65. The van der Waals surface area contributed by atoms with Crippen molar-refractivity contribution in [2.24, 2.45) is 5.92 Å². The van der Waals surface area contributed by atoms with E-state index in [4.69, 9.17) is 16.3 Å². The molecule has 0 spiro atoms. The number of aromatic carboxylic acids is 1. The van der Waals surface area contributed by atoms with Gasteiger partial charge in [0.2, 0.25) is 0 Å². The molecule has 0 fully saturated rings. The number of carbonyl (C=O) groups is 1. The fraction of sp³-hybridized carbons (Fsp3) is 0.444. The summed E-state index contributed by atoms with van der Waals surface area (Å²) in [5, 5.41) is 13.3. The number of benzene rings is 1. The minimum Gasteiger partial charge on any atom is -0.496 e. The van der Waals surface area contributed by atoms with Crippen LogP contribution in [0.1, 0.15) is 36.3 Å². The van der Waals surface area contributed by atoms with Crippen LogP contribution in [0.3, 0.4) is 0 Å². The molecule has 0 radical (unpaired) electrons. The third-order valence-electron chi connectivity index (χ3n) is 4.15. The Morgan fingerprint density at radius 1 is 1.41 bits per heavy atom. The van der Waals surface area contributed by atoms with Crippen LogP contribution in [-0.4, -0.2) is 34.1 Å². The van der Waals surface area contributed by atoms with Gasteiger partial charge in [0, 0.05) is 12.1 Å². The molecule has 0 saturated heterocycles. The lowest BCUT2D eigenvalue weighted by Crippen LogP contribution is -2.21. The van der Waals surface area contributed by atoms with Gasteiger partial charge in [-0.1, -0.05) is 31.5 Å². The molecule has 0 bridgehead atoms. The first-order valence-electron chi connectivity index (χ1n) is 8.33. The highest BCUT2D eigenvalue weighted by atomic mass is 35.5. The number of aromatic nitrogens is 2. The Kier molecular flexibility index (Phi) is 6.41. The summed E-state index contributed by atoms with van der Waals surface area (Å²) in [5.74, 6) is -2.45. The number of carboxylic acids is 1. The number of rotatable bonds is 7. The Hall–Kier alpha value is -2.22. The van der Waals surface area contributed by atoms with Crippen LogP contribution in [0.5, 0.6) is 5.75 Å². The molecule has 1 aromatic heterocycles. The van der Waals surface area contributed by atoms with Crippen LogP contribution in [0.25, 0.3) is 11.3 Å². The molecule has 5 nitrogen and oxygen atoms in total. The predicted octanol–water partition coefficient (Wildman–Crippen LogP) is 5.06. The van der Waals surface area contributed by atoms with Gasteiger partial charge in [-0.05, 0) is 30.5 Å². The number of hydrogen-bond donors (Lipinski definition) is 1. The molecule has 0 unspecified atom stereocenters. The minimum absolute atomic E-state index is 0.0364. The van der Waals surface area contributed by atoms with Crippen molar-refractivity contribution in [1.29, 1.82) is 0 Å². The van der Waals surface area contributed by atoms with Gasteiger partial charge < -0.3 is 9.84 Å². The van der Waals surface area contributed by atoms with E-state index in [2.05, 4.69) is 5.10 Å². The van der Waals surface area contributed by atoms with Crippen molar-refractivity contribution in [3.05, 3.63) is 34.5 Å². The average molecular weight is 405 g/mol. The number of aryl methyl sites for hydroxylation is 1. The molecule has 0 aliphatic heterocycles. The van der Waals surface area contributed by atoms with E-state index in [0.717, 1.165) is 6.92 Å². The molecule has 0 aliphatic rings. The van der Waals surface area contributed by atoms with Crippen molar-refractivity contribution in [3.63, 3.8) is 0 Å². The first-order chi connectivity index (χ1) is 12.6. The van der Waals surface area contributed by atoms with Gasteiger partial charge in [-0.25, -0.2) is 4.79 Å². The first-order valence-corrected chi connectivity index (χ1v) is 8.71. The maximum Gasteiger partial charge on any atom is 0.391 e. The molecule has 1 N–H and O–H groups in total.